The van der Waals surface area contributed by atoms with Crippen molar-refractivity contribution >= 4 is 5.91 Å². The second-order valence-corrected chi connectivity index (χ2v) is 7.70. The molecule has 2 N–H and O–H groups in total. The van der Waals surface area contributed by atoms with Crippen LogP contribution in [0.1, 0.15) is 30.6 Å². The third-order valence-corrected chi connectivity index (χ3v) is 6.02. The van der Waals surface area contributed by atoms with Gasteiger partial charge in [-0.05, 0) is 67.6 Å². The van der Waals surface area contributed by atoms with E-state index in [0.717, 1.165) is 50.2 Å². The zero-order valence-corrected chi connectivity index (χ0v) is 15.6. The summed E-state index contributed by atoms with van der Waals surface area (Å²) in [6.07, 6.45) is 4.72. The minimum Gasteiger partial charge on any atom is -0.504 e. The van der Waals surface area contributed by atoms with E-state index >= 15 is 0 Å². The average molecular weight is 370 g/mol. The van der Waals surface area contributed by atoms with Gasteiger partial charge in [-0.3, -0.25) is 9.69 Å². The van der Waals surface area contributed by atoms with Crippen LogP contribution in [0.5, 0.6) is 11.5 Å². The van der Waals surface area contributed by atoms with Gasteiger partial charge in [0.15, 0.2) is 11.5 Å². The van der Waals surface area contributed by atoms with E-state index in [1.165, 1.54) is 0 Å². The Hall–Kier alpha value is -2.47. The van der Waals surface area contributed by atoms with Crippen LogP contribution in [-0.2, 0) is 17.9 Å². The highest BCUT2D eigenvalue weighted by atomic mass is 16.5. The van der Waals surface area contributed by atoms with E-state index in [-0.39, 0.29) is 23.0 Å². The number of rotatable bonds is 6. The topological polar surface area (TPSA) is 74.9 Å². The van der Waals surface area contributed by atoms with E-state index in [4.69, 9.17) is 9.15 Å². The van der Waals surface area contributed by atoms with E-state index < -0.39 is 0 Å². The fourth-order valence-corrected chi connectivity index (χ4v) is 4.23. The summed E-state index contributed by atoms with van der Waals surface area (Å²) in [5.41, 5.74) is 1.26. The van der Waals surface area contributed by atoms with Crippen LogP contribution in [0.2, 0.25) is 0 Å². The molecule has 144 valence electrons. The van der Waals surface area contributed by atoms with E-state index in [1.54, 1.807) is 25.5 Å². The molecule has 4 rings (SSSR count). The van der Waals surface area contributed by atoms with Crippen molar-refractivity contribution < 1.29 is 19.1 Å². The molecule has 1 spiro atoms. The predicted octanol–water partition coefficient (Wildman–Crippen LogP) is 2.91. The molecular formula is C21H26N2O4. The molecule has 1 aliphatic carbocycles. The minimum atomic E-state index is 0.139. The van der Waals surface area contributed by atoms with Crippen molar-refractivity contribution in [2.45, 2.75) is 32.4 Å². The van der Waals surface area contributed by atoms with Gasteiger partial charge in [-0.15, -0.1) is 0 Å². The SMILES string of the molecule is COc1ccc(CN2CCC3(CC2)C[C@H]3C(=O)NCc2ccco2)cc1O. The molecule has 1 saturated heterocycles. The predicted molar refractivity (Wildman–Crippen MR) is 100 cm³/mol. The van der Waals surface area contributed by atoms with E-state index in [2.05, 4.69) is 10.2 Å². The quantitative estimate of drug-likeness (QED) is 0.818. The van der Waals surface area contributed by atoms with Crippen LogP contribution in [0.3, 0.4) is 0 Å². The van der Waals surface area contributed by atoms with Crippen LogP contribution in [0.4, 0.5) is 0 Å². The first-order chi connectivity index (χ1) is 13.1. The van der Waals surface area contributed by atoms with Gasteiger partial charge in [0.05, 0.1) is 19.9 Å². The monoisotopic (exact) mass is 370 g/mol. The maximum atomic E-state index is 12.4. The summed E-state index contributed by atoms with van der Waals surface area (Å²) in [5, 5.41) is 12.9. The van der Waals surface area contributed by atoms with Crippen LogP contribution in [0.15, 0.2) is 41.0 Å². The van der Waals surface area contributed by atoms with Crippen molar-refractivity contribution in [2.24, 2.45) is 11.3 Å². The number of methoxy groups -OCH3 is 1. The summed E-state index contributed by atoms with van der Waals surface area (Å²) >= 11 is 0. The molecule has 2 heterocycles. The van der Waals surface area contributed by atoms with E-state index in [0.29, 0.717) is 12.3 Å². The van der Waals surface area contributed by atoms with Crippen LogP contribution in [-0.4, -0.2) is 36.1 Å². The number of amides is 1. The molecule has 0 radical (unpaired) electrons. The van der Waals surface area contributed by atoms with Gasteiger partial charge in [0.25, 0.3) is 0 Å². The summed E-state index contributed by atoms with van der Waals surface area (Å²) in [6.45, 7) is 3.23. The number of carbonyl (C=O) groups is 1. The highest BCUT2D eigenvalue weighted by Gasteiger charge is 2.58. The number of piperidine rings is 1. The number of carbonyl (C=O) groups excluding carboxylic acids is 1. The molecule has 0 bridgehead atoms. The number of nitrogens with one attached hydrogen (secondary N) is 1. The standard InChI is InChI=1S/C21H26N2O4/c1-26-19-5-4-15(11-18(19)24)14-23-8-6-21(7-9-23)12-17(21)20(25)22-13-16-3-2-10-27-16/h2-5,10-11,17,24H,6-9,12-14H2,1H3,(H,22,25)/t17-/m0/s1. The first-order valence-corrected chi connectivity index (χ1v) is 9.48. The van der Waals surface area contributed by atoms with E-state index in [9.17, 15) is 9.90 Å². The minimum absolute atomic E-state index is 0.139. The molecule has 2 aromatic rings. The van der Waals surface area contributed by atoms with Crippen molar-refractivity contribution in [3.63, 3.8) is 0 Å². The molecule has 1 saturated carbocycles. The molecular weight excluding hydrogens is 344 g/mol. The Balaban J connectivity index is 1.25. The fraction of sp³-hybridized carbons (Fsp3) is 0.476. The Morgan fingerprint density at radius 2 is 2.19 bits per heavy atom. The van der Waals surface area contributed by atoms with Gasteiger partial charge in [0.1, 0.15) is 5.76 Å². The van der Waals surface area contributed by atoms with Gasteiger partial charge in [0, 0.05) is 12.5 Å². The first-order valence-electron chi connectivity index (χ1n) is 9.48. The third kappa shape index (κ3) is 3.81. The van der Waals surface area contributed by atoms with Crippen LogP contribution in [0, 0.1) is 11.3 Å². The summed E-state index contributed by atoms with van der Waals surface area (Å²) in [5.74, 6) is 1.76. The molecule has 6 nitrogen and oxygen atoms in total. The van der Waals surface area contributed by atoms with Crippen molar-refractivity contribution in [3.8, 4) is 11.5 Å². The van der Waals surface area contributed by atoms with Crippen LogP contribution < -0.4 is 10.1 Å². The summed E-state index contributed by atoms with van der Waals surface area (Å²) in [6, 6.07) is 9.27. The zero-order chi connectivity index (χ0) is 18.9. The van der Waals surface area contributed by atoms with Crippen LogP contribution in [0.25, 0.3) is 0 Å². The molecule has 1 aromatic carbocycles. The smallest absolute Gasteiger partial charge is 0.224 e. The van der Waals surface area contributed by atoms with Gasteiger partial charge >= 0.3 is 0 Å². The molecule has 1 aliphatic heterocycles. The molecule has 2 aliphatic rings. The lowest BCUT2D eigenvalue weighted by molar-refractivity contribution is -0.123. The highest BCUT2D eigenvalue weighted by molar-refractivity contribution is 5.82. The number of hydrogen-bond acceptors (Lipinski definition) is 5. The molecule has 1 atom stereocenters. The second-order valence-electron chi connectivity index (χ2n) is 7.70. The molecule has 1 amide bonds. The molecule has 0 unspecified atom stereocenters. The Morgan fingerprint density at radius 3 is 2.85 bits per heavy atom. The number of nitrogens with zero attached hydrogens (tertiary/aromatic N) is 1. The van der Waals surface area contributed by atoms with Crippen LogP contribution >= 0.6 is 0 Å². The summed E-state index contributed by atoms with van der Waals surface area (Å²) in [7, 11) is 1.55. The zero-order valence-electron chi connectivity index (χ0n) is 15.6. The van der Waals surface area contributed by atoms with Gasteiger partial charge < -0.3 is 19.6 Å². The number of ether oxygens (including phenoxy) is 1. The molecule has 1 aromatic heterocycles. The maximum absolute atomic E-state index is 12.4. The number of benzene rings is 1. The van der Waals surface area contributed by atoms with E-state index in [1.807, 2.05) is 18.2 Å². The average Bonchev–Trinajstić information content (AvgIpc) is 3.11. The van der Waals surface area contributed by atoms with Gasteiger partial charge in [0.2, 0.25) is 5.91 Å². The fourth-order valence-electron chi connectivity index (χ4n) is 4.23. The number of likely N-dealkylation sites (tertiary alicyclic amines) is 1. The Morgan fingerprint density at radius 1 is 1.37 bits per heavy atom. The Labute approximate surface area is 159 Å². The van der Waals surface area contributed by atoms with Gasteiger partial charge in [-0.2, -0.15) is 0 Å². The third-order valence-electron chi connectivity index (χ3n) is 6.02. The Kier molecular flexibility index (Phi) is 4.83. The van der Waals surface area contributed by atoms with Gasteiger partial charge in [-0.1, -0.05) is 6.07 Å². The molecule has 6 heteroatoms. The lowest BCUT2D eigenvalue weighted by Crippen LogP contribution is -2.36. The lowest BCUT2D eigenvalue weighted by Gasteiger charge is -2.32. The number of hydrogen-bond donors (Lipinski definition) is 2. The number of furan rings is 1. The van der Waals surface area contributed by atoms with Gasteiger partial charge in [-0.25, -0.2) is 0 Å². The highest BCUT2D eigenvalue weighted by Crippen LogP contribution is 2.59. The lowest BCUT2D eigenvalue weighted by atomic mass is 9.90. The number of phenolic OH excluding ortho intramolecular Hbond substituents is 1. The van der Waals surface area contributed by atoms with Crippen molar-refractivity contribution in [2.75, 3.05) is 20.2 Å². The number of phenols is 1. The Bertz CT molecular complexity index is 795. The summed E-state index contributed by atoms with van der Waals surface area (Å²) < 4.78 is 10.4. The maximum Gasteiger partial charge on any atom is 0.224 e. The van der Waals surface area contributed by atoms with Crippen molar-refractivity contribution in [1.29, 1.82) is 0 Å². The molecule has 2 fully saturated rings. The summed E-state index contributed by atoms with van der Waals surface area (Å²) in [4.78, 5) is 14.8. The largest absolute Gasteiger partial charge is 0.504 e. The van der Waals surface area contributed by atoms with Crippen molar-refractivity contribution in [1.82, 2.24) is 10.2 Å². The normalized spacial score (nSPS) is 21.1. The number of aromatic hydroxyl groups is 1. The molecule has 27 heavy (non-hydrogen) atoms. The second kappa shape index (κ2) is 7.27. The van der Waals surface area contributed by atoms with Crippen molar-refractivity contribution in [3.05, 3.63) is 47.9 Å². The first kappa shape index (κ1) is 17.9.